The van der Waals surface area contributed by atoms with Crippen molar-refractivity contribution in [2.75, 3.05) is 13.7 Å². The van der Waals surface area contributed by atoms with E-state index in [4.69, 9.17) is 4.74 Å². The summed E-state index contributed by atoms with van der Waals surface area (Å²) in [5, 5.41) is 3.88. The second kappa shape index (κ2) is 4.91. The van der Waals surface area contributed by atoms with Crippen LogP contribution in [0.5, 0.6) is 5.75 Å². The molecule has 1 aromatic carbocycles. The standard InChI is InChI=1S/C13H16N2O2/c1-10(16)14-7-9-15-8-6-11-12(15)4-3-5-13(11)17-2/h3-6,8H,7,9H2,1-2H3,(H,14,16). The van der Waals surface area contributed by atoms with Gasteiger partial charge in [-0.3, -0.25) is 4.79 Å². The van der Waals surface area contributed by atoms with Gasteiger partial charge in [0, 0.05) is 31.6 Å². The van der Waals surface area contributed by atoms with Gasteiger partial charge in [0.05, 0.1) is 12.6 Å². The summed E-state index contributed by atoms with van der Waals surface area (Å²) in [7, 11) is 1.67. The summed E-state index contributed by atoms with van der Waals surface area (Å²) >= 11 is 0. The molecular formula is C13H16N2O2. The predicted molar refractivity (Wildman–Crippen MR) is 67.2 cm³/mol. The summed E-state index contributed by atoms with van der Waals surface area (Å²) < 4.78 is 7.41. The van der Waals surface area contributed by atoms with Crippen molar-refractivity contribution < 1.29 is 9.53 Å². The molecule has 0 aliphatic rings. The number of benzene rings is 1. The summed E-state index contributed by atoms with van der Waals surface area (Å²) in [4.78, 5) is 10.8. The molecule has 0 unspecified atom stereocenters. The zero-order valence-corrected chi connectivity index (χ0v) is 10.1. The van der Waals surface area contributed by atoms with E-state index < -0.39 is 0 Å². The Morgan fingerprint density at radius 2 is 2.24 bits per heavy atom. The Bertz CT molecular complexity index is 531. The molecule has 2 rings (SSSR count). The molecule has 0 aliphatic heterocycles. The quantitative estimate of drug-likeness (QED) is 0.873. The van der Waals surface area contributed by atoms with Crippen LogP contribution < -0.4 is 10.1 Å². The van der Waals surface area contributed by atoms with Crippen molar-refractivity contribution in [3.8, 4) is 5.75 Å². The number of methoxy groups -OCH3 is 1. The molecule has 0 atom stereocenters. The minimum absolute atomic E-state index is 0.000887. The van der Waals surface area contributed by atoms with E-state index in [0.717, 1.165) is 23.2 Å². The maximum Gasteiger partial charge on any atom is 0.216 e. The zero-order chi connectivity index (χ0) is 12.3. The lowest BCUT2D eigenvalue weighted by atomic mass is 10.2. The van der Waals surface area contributed by atoms with E-state index in [1.54, 1.807) is 7.11 Å². The van der Waals surface area contributed by atoms with Crippen LogP contribution in [0.3, 0.4) is 0 Å². The molecule has 90 valence electrons. The fourth-order valence-electron chi connectivity index (χ4n) is 1.92. The fraction of sp³-hybridized carbons (Fsp3) is 0.308. The molecule has 1 aromatic heterocycles. The third-order valence-electron chi connectivity index (χ3n) is 2.72. The largest absolute Gasteiger partial charge is 0.496 e. The average Bonchev–Trinajstić information content (AvgIpc) is 2.72. The van der Waals surface area contributed by atoms with E-state index in [-0.39, 0.29) is 5.91 Å². The minimum Gasteiger partial charge on any atom is -0.496 e. The van der Waals surface area contributed by atoms with Crippen molar-refractivity contribution in [2.24, 2.45) is 0 Å². The van der Waals surface area contributed by atoms with Crippen LogP contribution in [0.25, 0.3) is 10.9 Å². The molecule has 4 nitrogen and oxygen atoms in total. The first-order chi connectivity index (χ1) is 8.22. The van der Waals surface area contributed by atoms with Crippen LogP contribution >= 0.6 is 0 Å². The van der Waals surface area contributed by atoms with Crippen LogP contribution in [0.2, 0.25) is 0 Å². The number of ether oxygens (including phenoxy) is 1. The number of nitrogens with zero attached hydrogens (tertiary/aromatic N) is 1. The first kappa shape index (κ1) is 11.5. The number of nitrogens with one attached hydrogen (secondary N) is 1. The van der Waals surface area contributed by atoms with Crippen molar-refractivity contribution in [1.29, 1.82) is 0 Å². The summed E-state index contributed by atoms with van der Waals surface area (Å²) in [5.41, 5.74) is 1.12. The monoisotopic (exact) mass is 232 g/mol. The van der Waals surface area contributed by atoms with E-state index >= 15 is 0 Å². The molecule has 17 heavy (non-hydrogen) atoms. The Hall–Kier alpha value is -1.97. The number of aromatic nitrogens is 1. The SMILES string of the molecule is COc1cccc2c1ccn2CCNC(C)=O. The fourth-order valence-corrected chi connectivity index (χ4v) is 1.92. The molecule has 0 spiro atoms. The highest BCUT2D eigenvalue weighted by Crippen LogP contribution is 2.25. The molecule has 0 saturated carbocycles. The van der Waals surface area contributed by atoms with Crippen LogP contribution in [0.15, 0.2) is 30.5 Å². The molecular weight excluding hydrogens is 216 g/mol. The van der Waals surface area contributed by atoms with Gasteiger partial charge in [0.2, 0.25) is 5.91 Å². The van der Waals surface area contributed by atoms with Gasteiger partial charge in [-0.1, -0.05) is 6.07 Å². The molecule has 0 saturated heterocycles. The van der Waals surface area contributed by atoms with Crippen molar-refractivity contribution in [1.82, 2.24) is 9.88 Å². The minimum atomic E-state index is -0.000887. The second-order valence-electron chi connectivity index (χ2n) is 3.89. The van der Waals surface area contributed by atoms with Gasteiger partial charge in [0.1, 0.15) is 5.75 Å². The normalized spacial score (nSPS) is 10.5. The number of rotatable bonds is 4. The highest BCUT2D eigenvalue weighted by Gasteiger charge is 2.05. The number of hydrogen-bond donors (Lipinski definition) is 1. The lowest BCUT2D eigenvalue weighted by molar-refractivity contribution is -0.118. The Balaban J connectivity index is 2.21. The van der Waals surface area contributed by atoms with Crippen LogP contribution in [0.4, 0.5) is 0 Å². The summed E-state index contributed by atoms with van der Waals surface area (Å²) in [6, 6.07) is 7.99. The topological polar surface area (TPSA) is 43.3 Å². The van der Waals surface area contributed by atoms with Gasteiger partial charge in [0.25, 0.3) is 0 Å². The highest BCUT2D eigenvalue weighted by atomic mass is 16.5. The van der Waals surface area contributed by atoms with Crippen LogP contribution in [0.1, 0.15) is 6.92 Å². The lowest BCUT2D eigenvalue weighted by Gasteiger charge is -2.07. The van der Waals surface area contributed by atoms with E-state index in [1.165, 1.54) is 6.92 Å². The number of carbonyl (C=O) groups excluding carboxylic acids is 1. The van der Waals surface area contributed by atoms with Crippen LogP contribution in [0, 0.1) is 0 Å². The van der Waals surface area contributed by atoms with Crippen LogP contribution in [-0.4, -0.2) is 24.1 Å². The van der Waals surface area contributed by atoms with Gasteiger partial charge in [-0.25, -0.2) is 0 Å². The maximum absolute atomic E-state index is 10.8. The van der Waals surface area contributed by atoms with Crippen molar-refractivity contribution >= 4 is 16.8 Å². The molecule has 2 aromatic rings. The first-order valence-electron chi connectivity index (χ1n) is 5.58. The zero-order valence-electron chi connectivity index (χ0n) is 10.1. The van der Waals surface area contributed by atoms with Crippen molar-refractivity contribution in [3.05, 3.63) is 30.5 Å². The summed E-state index contributed by atoms with van der Waals surface area (Å²) in [5.74, 6) is 0.875. The average molecular weight is 232 g/mol. The van der Waals surface area contributed by atoms with Gasteiger partial charge in [0.15, 0.2) is 0 Å². The number of hydrogen-bond acceptors (Lipinski definition) is 2. The summed E-state index contributed by atoms with van der Waals surface area (Å²) in [6.45, 7) is 2.92. The molecule has 0 bridgehead atoms. The number of amides is 1. The van der Waals surface area contributed by atoms with E-state index in [1.807, 2.05) is 30.5 Å². The lowest BCUT2D eigenvalue weighted by Crippen LogP contribution is -2.24. The van der Waals surface area contributed by atoms with Crippen molar-refractivity contribution in [3.63, 3.8) is 0 Å². The highest BCUT2D eigenvalue weighted by molar-refractivity contribution is 5.86. The third kappa shape index (κ3) is 2.41. The predicted octanol–water partition coefficient (Wildman–Crippen LogP) is 1.79. The molecule has 4 heteroatoms. The Kier molecular flexibility index (Phi) is 3.32. The Morgan fingerprint density at radius 1 is 1.41 bits per heavy atom. The first-order valence-corrected chi connectivity index (χ1v) is 5.58. The van der Waals surface area contributed by atoms with Gasteiger partial charge < -0.3 is 14.6 Å². The molecule has 0 aliphatic carbocycles. The Morgan fingerprint density at radius 3 is 2.94 bits per heavy atom. The summed E-state index contributed by atoms with van der Waals surface area (Å²) in [6.07, 6.45) is 2.01. The third-order valence-corrected chi connectivity index (χ3v) is 2.72. The molecule has 1 N–H and O–H groups in total. The molecule has 1 heterocycles. The van der Waals surface area contributed by atoms with Gasteiger partial charge in [-0.15, -0.1) is 0 Å². The van der Waals surface area contributed by atoms with Crippen LogP contribution in [-0.2, 0) is 11.3 Å². The van der Waals surface area contributed by atoms with E-state index in [0.29, 0.717) is 6.54 Å². The van der Waals surface area contributed by atoms with Gasteiger partial charge in [-0.05, 0) is 18.2 Å². The molecule has 1 amide bonds. The van der Waals surface area contributed by atoms with Gasteiger partial charge >= 0.3 is 0 Å². The van der Waals surface area contributed by atoms with Crippen molar-refractivity contribution in [2.45, 2.75) is 13.5 Å². The smallest absolute Gasteiger partial charge is 0.216 e. The number of fused-ring (bicyclic) bond motifs is 1. The van der Waals surface area contributed by atoms with E-state index in [9.17, 15) is 4.79 Å². The molecule has 0 radical (unpaired) electrons. The molecule has 0 fully saturated rings. The van der Waals surface area contributed by atoms with E-state index in [2.05, 4.69) is 9.88 Å². The Labute approximate surface area is 100 Å². The maximum atomic E-state index is 10.8. The number of carbonyl (C=O) groups is 1. The van der Waals surface area contributed by atoms with Gasteiger partial charge in [-0.2, -0.15) is 0 Å². The second-order valence-corrected chi connectivity index (χ2v) is 3.89.